The number of alkyl halides is 1. The lowest BCUT2D eigenvalue weighted by atomic mass is 10.1. The molecule has 0 saturated carbocycles. The maximum absolute atomic E-state index is 11.6. The zero-order chi connectivity index (χ0) is 13.3. The number of allylic oxidation sites excluding steroid dienone is 1. The van der Waals surface area contributed by atoms with E-state index >= 15 is 0 Å². The monoisotopic (exact) mass is 280 g/mol. The van der Waals surface area contributed by atoms with E-state index in [2.05, 4.69) is 11.9 Å². The van der Waals surface area contributed by atoms with Gasteiger partial charge in [0, 0.05) is 15.8 Å². The molecule has 94 valence electrons. The Bertz CT molecular complexity index is 633. The highest BCUT2D eigenvalue weighted by atomic mass is 35.5. The molecule has 3 nitrogen and oxygen atoms in total. The van der Waals surface area contributed by atoms with Crippen molar-refractivity contribution in [1.29, 1.82) is 0 Å². The van der Waals surface area contributed by atoms with Gasteiger partial charge in [-0.15, -0.1) is 22.9 Å². The van der Waals surface area contributed by atoms with Crippen LogP contribution in [-0.4, -0.2) is 11.8 Å². The predicted molar refractivity (Wildman–Crippen MR) is 78.6 cm³/mol. The summed E-state index contributed by atoms with van der Waals surface area (Å²) in [7, 11) is 0. The van der Waals surface area contributed by atoms with Gasteiger partial charge < -0.3 is 11.1 Å². The van der Waals surface area contributed by atoms with Crippen molar-refractivity contribution < 1.29 is 4.79 Å². The van der Waals surface area contributed by atoms with Gasteiger partial charge in [0.15, 0.2) is 0 Å². The molecule has 1 heterocycles. The molecule has 2 rings (SSSR count). The number of thiophene rings is 1. The summed E-state index contributed by atoms with van der Waals surface area (Å²) in [6.07, 6.45) is 0. The van der Waals surface area contributed by atoms with Crippen molar-refractivity contribution in [2.24, 2.45) is 5.73 Å². The van der Waals surface area contributed by atoms with Gasteiger partial charge in [-0.25, -0.2) is 0 Å². The molecule has 1 aromatic heterocycles. The number of benzene rings is 1. The van der Waals surface area contributed by atoms with E-state index in [0.717, 1.165) is 15.6 Å². The Kier molecular flexibility index (Phi) is 3.59. The molecule has 18 heavy (non-hydrogen) atoms. The molecule has 0 atom stereocenters. The summed E-state index contributed by atoms with van der Waals surface area (Å²) in [6, 6.07) is 5.95. The Morgan fingerprint density at radius 3 is 2.89 bits per heavy atom. The summed E-state index contributed by atoms with van der Waals surface area (Å²) in [5.74, 6) is -0.164. The van der Waals surface area contributed by atoms with E-state index < -0.39 is 5.91 Å². The number of carbonyl (C=O) groups excluding carboxylic acids is 1. The van der Waals surface area contributed by atoms with Crippen molar-refractivity contribution in [3.63, 3.8) is 0 Å². The van der Waals surface area contributed by atoms with Crippen molar-refractivity contribution in [2.45, 2.75) is 6.92 Å². The molecule has 3 N–H and O–H groups in total. The number of aryl methyl sites for hydroxylation is 1. The molecule has 0 saturated heterocycles. The molecule has 0 spiro atoms. The highest BCUT2D eigenvalue weighted by molar-refractivity contribution is 7.23. The molecular formula is C13H13ClN2OS. The quantitative estimate of drug-likeness (QED) is 0.843. The van der Waals surface area contributed by atoms with E-state index in [1.165, 1.54) is 11.3 Å². The maximum atomic E-state index is 11.6. The second-order valence-electron chi connectivity index (χ2n) is 4.03. The number of hydrogen-bond acceptors (Lipinski definition) is 3. The Morgan fingerprint density at radius 1 is 1.56 bits per heavy atom. The van der Waals surface area contributed by atoms with Crippen molar-refractivity contribution in [1.82, 2.24) is 0 Å². The van der Waals surface area contributed by atoms with E-state index in [1.807, 2.05) is 25.1 Å². The molecule has 5 heteroatoms. The van der Waals surface area contributed by atoms with Crippen LogP contribution in [0.15, 0.2) is 30.5 Å². The van der Waals surface area contributed by atoms with E-state index in [0.29, 0.717) is 16.3 Å². The van der Waals surface area contributed by atoms with Crippen LogP contribution in [0.4, 0.5) is 5.00 Å². The summed E-state index contributed by atoms with van der Waals surface area (Å²) >= 11 is 7.16. The van der Waals surface area contributed by atoms with E-state index in [9.17, 15) is 4.79 Å². The van der Waals surface area contributed by atoms with Crippen LogP contribution in [-0.2, 0) is 0 Å². The third-order valence-corrected chi connectivity index (χ3v) is 3.95. The van der Waals surface area contributed by atoms with Gasteiger partial charge in [0.05, 0.1) is 11.4 Å². The number of nitrogens with one attached hydrogen (secondary N) is 1. The third-order valence-electron chi connectivity index (χ3n) is 2.54. The van der Waals surface area contributed by atoms with Crippen molar-refractivity contribution >= 4 is 43.9 Å². The van der Waals surface area contributed by atoms with Gasteiger partial charge in [-0.3, -0.25) is 4.79 Å². The summed E-state index contributed by atoms with van der Waals surface area (Å²) in [5, 5.41) is 4.62. The standard InChI is InChI=1S/C13H13ClN2OS/c1-7-3-4-10-9(5-7)11(12(15)17)13(18-10)16-8(2)6-14/h3-5,16H,2,6H2,1H3,(H2,15,17). The van der Waals surface area contributed by atoms with Gasteiger partial charge in [0.2, 0.25) is 0 Å². The summed E-state index contributed by atoms with van der Waals surface area (Å²) in [6.45, 7) is 5.75. The lowest BCUT2D eigenvalue weighted by Gasteiger charge is -2.05. The Balaban J connectivity index is 2.62. The summed E-state index contributed by atoms with van der Waals surface area (Å²) in [4.78, 5) is 11.6. The van der Waals surface area contributed by atoms with Crippen molar-refractivity contribution in [2.75, 3.05) is 11.2 Å². The first-order valence-corrected chi connectivity index (χ1v) is 6.71. The van der Waals surface area contributed by atoms with Crippen LogP contribution in [0.3, 0.4) is 0 Å². The Hall–Kier alpha value is -1.52. The molecule has 0 aliphatic rings. The van der Waals surface area contributed by atoms with Crippen LogP contribution in [0.5, 0.6) is 0 Å². The van der Waals surface area contributed by atoms with Crippen molar-refractivity contribution in [3.8, 4) is 0 Å². The molecule has 0 unspecified atom stereocenters. The average molecular weight is 281 g/mol. The number of fused-ring (bicyclic) bond motifs is 1. The number of anilines is 1. The fraction of sp³-hybridized carbons (Fsp3) is 0.154. The van der Waals surface area contributed by atoms with E-state index in [4.69, 9.17) is 17.3 Å². The molecule has 0 aliphatic heterocycles. The minimum Gasteiger partial charge on any atom is -0.365 e. The van der Waals surface area contributed by atoms with Crippen LogP contribution in [0.1, 0.15) is 15.9 Å². The summed E-state index contributed by atoms with van der Waals surface area (Å²) in [5.41, 5.74) is 7.69. The molecule has 0 aliphatic carbocycles. The molecular weight excluding hydrogens is 268 g/mol. The lowest BCUT2D eigenvalue weighted by molar-refractivity contribution is 0.100. The zero-order valence-corrected chi connectivity index (χ0v) is 11.5. The SMILES string of the molecule is C=C(CCl)Nc1sc2ccc(C)cc2c1C(N)=O. The van der Waals surface area contributed by atoms with Gasteiger partial charge in [-0.05, 0) is 19.1 Å². The van der Waals surface area contributed by atoms with E-state index in [-0.39, 0.29) is 5.88 Å². The lowest BCUT2D eigenvalue weighted by Crippen LogP contribution is -2.13. The van der Waals surface area contributed by atoms with Gasteiger partial charge in [0.25, 0.3) is 5.91 Å². The number of halogens is 1. The topological polar surface area (TPSA) is 55.1 Å². The largest absolute Gasteiger partial charge is 0.365 e. The minimum atomic E-state index is -0.447. The van der Waals surface area contributed by atoms with Gasteiger partial charge >= 0.3 is 0 Å². The molecule has 0 radical (unpaired) electrons. The number of carbonyl (C=O) groups is 1. The molecule has 1 aromatic carbocycles. The minimum absolute atomic E-state index is 0.283. The van der Waals surface area contributed by atoms with E-state index in [1.54, 1.807) is 0 Å². The first-order valence-electron chi connectivity index (χ1n) is 5.36. The normalized spacial score (nSPS) is 10.6. The fourth-order valence-corrected chi connectivity index (χ4v) is 2.94. The number of amides is 1. The molecule has 0 bridgehead atoms. The number of hydrogen-bond donors (Lipinski definition) is 2. The first kappa shape index (κ1) is 12.9. The van der Waals surface area contributed by atoms with Crippen LogP contribution >= 0.6 is 22.9 Å². The van der Waals surface area contributed by atoms with Crippen molar-refractivity contribution in [3.05, 3.63) is 41.6 Å². The summed E-state index contributed by atoms with van der Waals surface area (Å²) < 4.78 is 1.01. The first-order chi connectivity index (χ1) is 8.52. The Morgan fingerprint density at radius 2 is 2.28 bits per heavy atom. The zero-order valence-electron chi connectivity index (χ0n) is 9.92. The smallest absolute Gasteiger partial charge is 0.252 e. The number of primary amides is 1. The van der Waals surface area contributed by atoms with Crippen LogP contribution in [0.25, 0.3) is 10.1 Å². The van der Waals surface area contributed by atoms with Gasteiger partial charge in [0.1, 0.15) is 5.00 Å². The average Bonchev–Trinajstić information content (AvgIpc) is 2.65. The number of rotatable bonds is 4. The van der Waals surface area contributed by atoms with Crippen LogP contribution < -0.4 is 11.1 Å². The maximum Gasteiger partial charge on any atom is 0.252 e. The van der Waals surface area contributed by atoms with Crippen LogP contribution in [0, 0.1) is 6.92 Å². The number of nitrogens with two attached hydrogens (primary N) is 1. The van der Waals surface area contributed by atoms with Gasteiger partial charge in [-0.2, -0.15) is 0 Å². The highest BCUT2D eigenvalue weighted by Gasteiger charge is 2.17. The highest BCUT2D eigenvalue weighted by Crippen LogP contribution is 2.36. The molecule has 1 amide bonds. The second kappa shape index (κ2) is 5.00. The Labute approximate surface area is 114 Å². The fourth-order valence-electron chi connectivity index (χ4n) is 1.74. The molecule has 2 aromatic rings. The van der Waals surface area contributed by atoms with Crippen LogP contribution in [0.2, 0.25) is 0 Å². The van der Waals surface area contributed by atoms with Gasteiger partial charge in [-0.1, -0.05) is 18.2 Å². The molecule has 0 fully saturated rings. The predicted octanol–water partition coefficient (Wildman–Crippen LogP) is 3.47. The second-order valence-corrected chi connectivity index (χ2v) is 5.35. The third kappa shape index (κ3) is 2.35.